The second kappa shape index (κ2) is 5.71. The average molecular weight is 311 g/mol. The van der Waals surface area contributed by atoms with Gasteiger partial charge < -0.3 is 11.1 Å². The lowest BCUT2D eigenvalue weighted by atomic mass is 10.2. The third kappa shape index (κ3) is 3.23. The number of rotatable bonds is 3. The minimum absolute atomic E-state index is 0.0302. The molecule has 2 aromatic rings. The number of nitrogens with zero attached hydrogens (tertiary/aromatic N) is 2. The molecular weight excluding hydrogens is 303 g/mol. The van der Waals surface area contributed by atoms with Gasteiger partial charge in [-0.05, 0) is 18.2 Å². The van der Waals surface area contributed by atoms with Crippen LogP contribution in [0, 0.1) is 15.9 Å². The van der Waals surface area contributed by atoms with Crippen LogP contribution in [0.1, 0.15) is 10.4 Å². The third-order valence-corrected chi connectivity index (χ3v) is 2.84. The summed E-state index contributed by atoms with van der Waals surface area (Å²) in [5.74, 6) is -1.38. The van der Waals surface area contributed by atoms with E-state index in [0.717, 1.165) is 24.4 Å². The van der Waals surface area contributed by atoms with E-state index in [4.69, 9.17) is 17.3 Å². The Balaban J connectivity index is 2.34. The number of anilines is 2. The topological polar surface area (TPSA) is 111 Å². The summed E-state index contributed by atoms with van der Waals surface area (Å²) in [5.41, 5.74) is 5.16. The van der Waals surface area contributed by atoms with Crippen molar-refractivity contribution in [2.45, 2.75) is 0 Å². The molecular formula is C12H8ClFN4O3. The molecule has 0 radical (unpaired) electrons. The van der Waals surface area contributed by atoms with E-state index in [2.05, 4.69) is 10.3 Å². The lowest BCUT2D eigenvalue weighted by molar-refractivity contribution is -0.385. The van der Waals surface area contributed by atoms with Gasteiger partial charge in [0.1, 0.15) is 17.2 Å². The van der Waals surface area contributed by atoms with Crippen molar-refractivity contribution < 1.29 is 14.1 Å². The summed E-state index contributed by atoms with van der Waals surface area (Å²) in [7, 11) is 0. The molecule has 1 aromatic carbocycles. The molecule has 1 aromatic heterocycles. The molecule has 0 unspecified atom stereocenters. The number of halogens is 2. The van der Waals surface area contributed by atoms with Crippen LogP contribution < -0.4 is 11.1 Å². The van der Waals surface area contributed by atoms with Gasteiger partial charge >= 0.3 is 0 Å². The number of carbonyl (C=O) groups excluding carboxylic acids is 1. The van der Waals surface area contributed by atoms with Gasteiger partial charge in [-0.2, -0.15) is 0 Å². The van der Waals surface area contributed by atoms with Crippen molar-refractivity contribution >= 4 is 34.6 Å². The number of nitro groups is 1. The monoisotopic (exact) mass is 310 g/mol. The van der Waals surface area contributed by atoms with Crippen molar-refractivity contribution in [1.82, 2.24) is 4.98 Å². The molecule has 2 rings (SSSR count). The van der Waals surface area contributed by atoms with Crippen molar-refractivity contribution in [3.8, 4) is 0 Å². The van der Waals surface area contributed by atoms with Crippen LogP contribution in [-0.2, 0) is 0 Å². The highest BCUT2D eigenvalue weighted by Crippen LogP contribution is 2.23. The Bertz CT molecular complexity index is 738. The van der Waals surface area contributed by atoms with E-state index in [-0.39, 0.29) is 22.1 Å². The summed E-state index contributed by atoms with van der Waals surface area (Å²) in [6.45, 7) is 0. The maximum Gasteiger partial charge on any atom is 0.288 e. The van der Waals surface area contributed by atoms with Crippen molar-refractivity contribution in [3.05, 3.63) is 57.1 Å². The molecule has 9 heteroatoms. The number of pyridine rings is 1. The quantitative estimate of drug-likeness (QED) is 0.392. The lowest BCUT2D eigenvalue weighted by Crippen LogP contribution is -2.14. The predicted octanol–water partition coefficient (Wildman–Crippen LogP) is 2.62. The Hall–Kier alpha value is -2.74. The second-order valence-corrected chi connectivity index (χ2v) is 4.33. The van der Waals surface area contributed by atoms with E-state index in [1.54, 1.807) is 0 Å². The van der Waals surface area contributed by atoms with Gasteiger partial charge in [0.05, 0.1) is 21.9 Å². The largest absolute Gasteiger partial charge is 0.397 e. The van der Waals surface area contributed by atoms with Gasteiger partial charge in [-0.1, -0.05) is 11.6 Å². The second-order valence-electron chi connectivity index (χ2n) is 3.97. The highest BCUT2D eigenvalue weighted by atomic mass is 35.5. The van der Waals surface area contributed by atoms with Crippen molar-refractivity contribution in [2.75, 3.05) is 11.1 Å². The molecule has 0 aliphatic carbocycles. The van der Waals surface area contributed by atoms with Crippen LogP contribution in [0.3, 0.4) is 0 Å². The Kier molecular flexibility index (Phi) is 3.99. The SMILES string of the molecule is Nc1ccc(F)cc1NC(=O)c1cc([N+](=O)[O-])cnc1Cl. The maximum atomic E-state index is 13.1. The first kappa shape index (κ1) is 14.7. The summed E-state index contributed by atoms with van der Waals surface area (Å²) in [5, 5.41) is 12.8. The molecule has 1 amide bonds. The van der Waals surface area contributed by atoms with Gasteiger partial charge in [-0.25, -0.2) is 9.37 Å². The maximum absolute atomic E-state index is 13.1. The minimum Gasteiger partial charge on any atom is -0.397 e. The zero-order chi connectivity index (χ0) is 15.6. The summed E-state index contributed by atoms with van der Waals surface area (Å²) >= 11 is 5.73. The van der Waals surface area contributed by atoms with Crippen LogP contribution in [0.2, 0.25) is 5.15 Å². The predicted molar refractivity (Wildman–Crippen MR) is 74.7 cm³/mol. The number of nitrogens with one attached hydrogen (secondary N) is 1. The van der Waals surface area contributed by atoms with E-state index in [0.29, 0.717) is 0 Å². The van der Waals surface area contributed by atoms with Gasteiger partial charge in [0.25, 0.3) is 11.6 Å². The Morgan fingerprint density at radius 2 is 2.14 bits per heavy atom. The highest BCUT2D eigenvalue weighted by molar-refractivity contribution is 6.33. The number of amides is 1. The Morgan fingerprint density at radius 1 is 1.43 bits per heavy atom. The van der Waals surface area contributed by atoms with Gasteiger partial charge in [0, 0.05) is 6.07 Å². The number of benzene rings is 1. The standard InChI is InChI=1S/C12H8ClFN4O3/c13-11-8(4-7(5-16-11)18(20)21)12(19)17-10-3-6(14)1-2-9(10)15/h1-5H,15H2,(H,17,19). The van der Waals surface area contributed by atoms with E-state index in [9.17, 15) is 19.3 Å². The fraction of sp³-hybridized carbons (Fsp3) is 0. The van der Waals surface area contributed by atoms with Gasteiger partial charge in [0.15, 0.2) is 0 Å². The van der Waals surface area contributed by atoms with Crippen LogP contribution >= 0.6 is 11.6 Å². The molecule has 0 saturated heterocycles. The fourth-order valence-electron chi connectivity index (χ4n) is 1.52. The number of nitrogens with two attached hydrogens (primary N) is 1. The van der Waals surface area contributed by atoms with Crippen LogP contribution in [0.5, 0.6) is 0 Å². The molecule has 21 heavy (non-hydrogen) atoms. The molecule has 0 saturated carbocycles. The third-order valence-electron chi connectivity index (χ3n) is 2.54. The van der Waals surface area contributed by atoms with Crippen molar-refractivity contribution in [2.24, 2.45) is 0 Å². The zero-order valence-electron chi connectivity index (χ0n) is 10.3. The highest BCUT2D eigenvalue weighted by Gasteiger charge is 2.18. The molecule has 0 spiro atoms. The number of hydrogen-bond acceptors (Lipinski definition) is 5. The smallest absolute Gasteiger partial charge is 0.288 e. The van der Waals surface area contributed by atoms with Gasteiger partial charge in [-0.15, -0.1) is 0 Å². The Morgan fingerprint density at radius 3 is 2.81 bits per heavy atom. The van der Waals surface area contributed by atoms with Crippen LogP contribution in [0.25, 0.3) is 0 Å². The summed E-state index contributed by atoms with van der Waals surface area (Å²) in [6, 6.07) is 4.40. The molecule has 7 nitrogen and oxygen atoms in total. The molecule has 0 aliphatic rings. The normalized spacial score (nSPS) is 10.2. The van der Waals surface area contributed by atoms with E-state index < -0.39 is 22.3 Å². The molecule has 0 bridgehead atoms. The van der Waals surface area contributed by atoms with Crippen molar-refractivity contribution in [3.63, 3.8) is 0 Å². The number of aromatic nitrogens is 1. The van der Waals surface area contributed by atoms with Crippen LogP contribution in [0.15, 0.2) is 30.5 Å². The first-order valence-electron chi connectivity index (χ1n) is 5.55. The van der Waals surface area contributed by atoms with E-state index in [1.165, 1.54) is 6.07 Å². The number of carbonyl (C=O) groups is 1. The first-order chi connectivity index (χ1) is 9.88. The lowest BCUT2D eigenvalue weighted by Gasteiger charge is -2.08. The van der Waals surface area contributed by atoms with Crippen LogP contribution in [0.4, 0.5) is 21.5 Å². The summed E-state index contributed by atoms with van der Waals surface area (Å²) < 4.78 is 13.1. The van der Waals surface area contributed by atoms with Gasteiger partial charge in [-0.3, -0.25) is 14.9 Å². The Labute approximate surface area is 122 Å². The summed E-state index contributed by atoms with van der Waals surface area (Å²) in [4.78, 5) is 25.6. The first-order valence-corrected chi connectivity index (χ1v) is 5.92. The fourth-order valence-corrected chi connectivity index (χ4v) is 1.71. The average Bonchev–Trinajstić information content (AvgIpc) is 2.43. The molecule has 0 atom stereocenters. The number of nitrogen functional groups attached to an aromatic ring is 1. The van der Waals surface area contributed by atoms with Gasteiger partial charge in [0.2, 0.25) is 0 Å². The number of hydrogen-bond donors (Lipinski definition) is 2. The minimum atomic E-state index is -0.784. The zero-order valence-corrected chi connectivity index (χ0v) is 11.1. The molecule has 0 aliphatic heterocycles. The molecule has 1 heterocycles. The van der Waals surface area contributed by atoms with E-state index in [1.807, 2.05) is 0 Å². The molecule has 108 valence electrons. The van der Waals surface area contributed by atoms with E-state index >= 15 is 0 Å². The molecule has 0 fully saturated rings. The van der Waals surface area contributed by atoms with Crippen molar-refractivity contribution in [1.29, 1.82) is 0 Å². The molecule has 3 N–H and O–H groups in total. The van der Waals surface area contributed by atoms with Crippen LogP contribution in [-0.4, -0.2) is 15.8 Å². The summed E-state index contributed by atoms with van der Waals surface area (Å²) in [6.07, 6.45) is 0.926.